The van der Waals surface area contributed by atoms with Gasteiger partial charge in [0.1, 0.15) is 11.5 Å². The standard InChI is InChI=1S/C28H22FN5O3/c1-35-24-11-17(12-25(36-2)27(24)37-3)23-14-22(28-31-19-10-9-18(29)13-21(19)32-28)30-26-15-20(33-34(23)26)16-7-5-4-6-8-16/h4-15H,1-3H3,(H,31,32). The molecule has 0 unspecified atom stereocenters. The van der Waals surface area contributed by atoms with Crippen LogP contribution in [0.25, 0.3) is 50.7 Å². The van der Waals surface area contributed by atoms with Gasteiger partial charge in [-0.1, -0.05) is 30.3 Å². The summed E-state index contributed by atoms with van der Waals surface area (Å²) in [6.07, 6.45) is 0. The molecule has 0 saturated carbocycles. The lowest BCUT2D eigenvalue weighted by atomic mass is 10.1. The van der Waals surface area contributed by atoms with Crippen molar-refractivity contribution in [1.29, 1.82) is 0 Å². The molecule has 3 aromatic heterocycles. The number of nitrogens with zero attached hydrogens (tertiary/aromatic N) is 4. The molecule has 3 aromatic carbocycles. The van der Waals surface area contributed by atoms with E-state index in [2.05, 4.69) is 9.97 Å². The summed E-state index contributed by atoms with van der Waals surface area (Å²) in [5.74, 6) is 1.69. The maximum absolute atomic E-state index is 13.8. The number of H-pyrrole nitrogens is 1. The fourth-order valence-electron chi connectivity index (χ4n) is 4.38. The highest BCUT2D eigenvalue weighted by Gasteiger charge is 2.19. The Morgan fingerprint density at radius 2 is 1.51 bits per heavy atom. The molecule has 9 heteroatoms. The quantitative estimate of drug-likeness (QED) is 0.316. The third-order valence-corrected chi connectivity index (χ3v) is 6.14. The molecule has 184 valence electrons. The number of aromatic amines is 1. The van der Waals surface area contributed by atoms with Crippen molar-refractivity contribution in [3.05, 3.63) is 78.6 Å². The number of aromatic nitrogens is 5. The average molecular weight is 496 g/mol. The van der Waals surface area contributed by atoms with Crippen molar-refractivity contribution in [2.75, 3.05) is 21.3 Å². The van der Waals surface area contributed by atoms with Crippen molar-refractivity contribution >= 4 is 16.7 Å². The number of hydrogen-bond donors (Lipinski definition) is 1. The Morgan fingerprint density at radius 1 is 0.757 bits per heavy atom. The normalized spacial score (nSPS) is 11.2. The SMILES string of the molecule is COc1cc(-c2cc(-c3nc4ccc(F)cc4[nH]3)nc3cc(-c4ccccc4)nn23)cc(OC)c1OC. The molecule has 0 spiro atoms. The van der Waals surface area contributed by atoms with Gasteiger partial charge in [-0.15, -0.1) is 0 Å². The minimum Gasteiger partial charge on any atom is -0.493 e. The smallest absolute Gasteiger partial charge is 0.203 e. The number of nitrogens with one attached hydrogen (secondary N) is 1. The van der Waals surface area contributed by atoms with Crippen molar-refractivity contribution in [3.63, 3.8) is 0 Å². The lowest BCUT2D eigenvalue weighted by Gasteiger charge is -2.15. The van der Waals surface area contributed by atoms with Gasteiger partial charge < -0.3 is 19.2 Å². The van der Waals surface area contributed by atoms with E-state index in [1.54, 1.807) is 31.9 Å². The number of hydrogen-bond acceptors (Lipinski definition) is 6. The fourth-order valence-corrected chi connectivity index (χ4v) is 4.38. The van der Waals surface area contributed by atoms with E-state index in [0.29, 0.717) is 45.4 Å². The molecule has 0 aliphatic carbocycles. The molecule has 0 aliphatic heterocycles. The fraction of sp³-hybridized carbons (Fsp3) is 0.107. The Morgan fingerprint density at radius 3 is 2.22 bits per heavy atom. The minimum atomic E-state index is -0.340. The Hall–Kier alpha value is -4.92. The molecule has 1 N–H and O–H groups in total. The number of benzene rings is 3. The number of methoxy groups -OCH3 is 3. The number of halogens is 1. The van der Waals surface area contributed by atoms with Gasteiger partial charge in [0.05, 0.1) is 43.8 Å². The van der Waals surface area contributed by atoms with E-state index < -0.39 is 0 Å². The molecule has 0 amide bonds. The first-order chi connectivity index (χ1) is 18.1. The minimum absolute atomic E-state index is 0.340. The van der Waals surface area contributed by atoms with E-state index in [-0.39, 0.29) is 5.82 Å². The summed E-state index contributed by atoms with van der Waals surface area (Å²) in [5.41, 5.74) is 5.66. The zero-order chi connectivity index (χ0) is 25.5. The molecule has 0 bridgehead atoms. The topological polar surface area (TPSA) is 86.6 Å². The summed E-state index contributed by atoms with van der Waals surface area (Å²) in [6.45, 7) is 0. The van der Waals surface area contributed by atoms with E-state index in [4.69, 9.17) is 24.3 Å². The monoisotopic (exact) mass is 495 g/mol. The average Bonchev–Trinajstić information content (AvgIpc) is 3.56. The second kappa shape index (κ2) is 8.94. The van der Waals surface area contributed by atoms with Gasteiger partial charge in [-0.05, 0) is 36.4 Å². The van der Waals surface area contributed by atoms with Crippen molar-refractivity contribution in [1.82, 2.24) is 24.6 Å². The number of ether oxygens (including phenoxy) is 3. The Balaban J connectivity index is 1.62. The molecule has 0 aliphatic rings. The number of fused-ring (bicyclic) bond motifs is 2. The third kappa shape index (κ3) is 3.90. The number of rotatable bonds is 6. The molecular weight excluding hydrogens is 473 g/mol. The van der Waals surface area contributed by atoms with Crippen LogP contribution in [0.4, 0.5) is 4.39 Å². The van der Waals surface area contributed by atoms with Gasteiger partial charge in [0, 0.05) is 17.2 Å². The third-order valence-electron chi connectivity index (χ3n) is 6.14. The van der Waals surface area contributed by atoms with Crippen molar-refractivity contribution in [2.24, 2.45) is 0 Å². The first-order valence-electron chi connectivity index (χ1n) is 11.5. The maximum atomic E-state index is 13.8. The molecule has 8 nitrogen and oxygen atoms in total. The van der Waals surface area contributed by atoms with E-state index in [9.17, 15) is 4.39 Å². The van der Waals surface area contributed by atoms with Crippen LogP contribution in [0, 0.1) is 5.82 Å². The van der Waals surface area contributed by atoms with Crippen molar-refractivity contribution in [2.45, 2.75) is 0 Å². The van der Waals surface area contributed by atoms with Crippen LogP contribution in [0.5, 0.6) is 17.2 Å². The second-order valence-corrected chi connectivity index (χ2v) is 8.35. The van der Waals surface area contributed by atoms with Crippen molar-refractivity contribution < 1.29 is 18.6 Å². The van der Waals surface area contributed by atoms with Gasteiger partial charge in [-0.3, -0.25) is 0 Å². The van der Waals surface area contributed by atoms with Crippen LogP contribution in [0.1, 0.15) is 0 Å². The lowest BCUT2D eigenvalue weighted by Crippen LogP contribution is -2.01. The predicted octanol–water partition coefficient (Wildman–Crippen LogP) is 5.77. The van der Waals surface area contributed by atoms with Crippen LogP contribution < -0.4 is 14.2 Å². The summed E-state index contributed by atoms with van der Waals surface area (Å²) >= 11 is 0. The first-order valence-corrected chi connectivity index (χ1v) is 11.5. The van der Waals surface area contributed by atoms with E-state index >= 15 is 0 Å². The molecule has 37 heavy (non-hydrogen) atoms. The Bertz CT molecular complexity index is 1740. The molecule has 3 heterocycles. The second-order valence-electron chi connectivity index (χ2n) is 8.35. The Labute approximate surface area is 211 Å². The highest BCUT2D eigenvalue weighted by Crippen LogP contribution is 2.41. The lowest BCUT2D eigenvalue weighted by molar-refractivity contribution is 0.324. The van der Waals surface area contributed by atoms with Gasteiger partial charge in [-0.2, -0.15) is 5.10 Å². The summed E-state index contributed by atoms with van der Waals surface area (Å²) in [5, 5.41) is 4.86. The summed E-state index contributed by atoms with van der Waals surface area (Å²) in [6, 6.07) is 21.8. The van der Waals surface area contributed by atoms with Crippen LogP contribution >= 0.6 is 0 Å². The summed E-state index contributed by atoms with van der Waals surface area (Å²) < 4.78 is 32.3. The van der Waals surface area contributed by atoms with Crippen LogP contribution in [0.3, 0.4) is 0 Å². The molecule has 0 atom stereocenters. The molecule has 0 radical (unpaired) electrons. The van der Waals surface area contributed by atoms with E-state index in [1.165, 1.54) is 12.1 Å². The molecule has 0 saturated heterocycles. The van der Waals surface area contributed by atoms with E-state index in [1.807, 2.05) is 54.6 Å². The van der Waals surface area contributed by atoms with Gasteiger partial charge in [-0.25, -0.2) is 18.9 Å². The van der Waals surface area contributed by atoms with Crippen LogP contribution in [0.2, 0.25) is 0 Å². The summed E-state index contributed by atoms with van der Waals surface area (Å²) in [7, 11) is 4.71. The highest BCUT2D eigenvalue weighted by molar-refractivity contribution is 5.81. The zero-order valence-corrected chi connectivity index (χ0v) is 20.3. The Kier molecular flexibility index (Phi) is 5.45. The summed E-state index contributed by atoms with van der Waals surface area (Å²) in [4.78, 5) is 12.7. The number of imidazole rings is 1. The molecular formula is C28H22FN5O3. The van der Waals surface area contributed by atoms with Crippen LogP contribution in [-0.2, 0) is 0 Å². The molecule has 0 fully saturated rings. The zero-order valence-electron chi connectivity index (χ0n) is 20.3. The van der Waals surface area contributed by atoms with Crippen molar-refractivity contribution in [3.8, 4) is 51.3 Å². The van der Waals surface area contributed by atoms with Gasteiger partial charge in [0.15, 0.2) is 23.0 Å². The molecule has 6 rings (SSSR count). The van der Waals surface area contributed by atoms with Crippen LogP contribution in [-0.4, -0.2) is 45.9 Å². The largest absolute Gasteiger partial charge is 0.493 e. The maximum Gasteiger partial charge on any atom is 0.203 e. The predicted molar refractivity (Wildman–Crippen MR) is 139 cm³/mol. The van der Waals surface area contributed by atoms with E-state index in [0.717, 1.165) is 22.5 Å². The van der Waals surface area contributed by atoms with Gasteiger partial charge in [0.25, 0.3) is 0 Å². The molecule has 6 aromatic rings. The first kappa shape index (κ1) is 22.5. The van der Waals surface area contributed by atoms with Gasteiger partial charge in [0.2, 0.25) is 5.75 Å². The van der Waals surface area contributed by atoms with Gasteiger partial charge >= 0.3 is 0 Å². The van der Waals surface area contributed by atoms with Crippen LogP contribution in [0.15, 0.2) is 72.8 Å². The highest BCUT2D eigenvalue weighted by atomic mass is 19.1.